The van der Waals surface area contributed by atoms with Gasteiger partial charge in [-0.25, -0.2) is 9.18 Å². The Balaban J connectivity index is 1.46. The van der Waals surface area contributed by atoms with Crippen molar-refractivity contribution in [1.29, 1.82) is 0 Å². The minimum Gasteiger partial charge on any atom is -0.442 e. The largest absolute Gasteiger partial charge is 0.442 e. The van der Waals surface area contributed by atoms with Crippen molar-refractivity contribution in [3.05, 3.63) is 53.3 Å². The first-order valence-corrected chi connectivity index (χ1v) is 12.1. The number of cyclic esters (lactones) is 1. The lowest BCUT2D eigenvalue weighted by Crippen LogP contribution is -2.33. The Hall–Kier alpha value is -3.07. The number of hydrogen-bond donors (Lipinski definition) is 1. The minimum atomic E-state index is -0.552. The first-order valence-electron chi connectivity index (χ1n) is 10.9. The number of rotatable bonds is 6. The monoisotopic (exact) mass is 470 g/mol. The number of nitrogens with one attached hydrogen (secondary N) is 1. The van der Waals surface area contributed by atoms with E-state index >= 15 is 4.39 Å². The number of thioether (sulfide) groups is 1. The van der Waals surface area contributed by atoms with Gasteiger partial charge in [0.1, 0.15) is 11.9 Å². The van der Waals surface area contributed by atoms with Crippen molar-refractivity contribution in [2.45, 2.75) is 20.0 Å². The van der Waals surface area contributed by atoms with E-state index in [0.717, 1.165) is 41.3 Å². The molecule has 0 aliphatic carbocycles. The second-order valence-corrected chi connectivity index (χ2v) is 9.32. The van der Waals surface area contributed by atoms with E-state index < -0.39 is 18.0 Å². The molecule has 2 heterocycles. The van der Waals surface area contributed by atoms with Gasteiger partial charge in [0.15, 0.2) is 0 Å². The van der Waals surface area contributed by atoms with E-state index in [2.05, 4.69) is 15.4 Å². The molecule has 2 aromatic rings. The van der Waals surface area contributed by atoms with E-state index in [1.54, 1.807) is 12.1 Å². The Kier molecular flexibility index (Phi) is 7.17. The third-order valence-corrected chi connectivity index (χ3v) is 6.59. The number of carbonyl (C=O) groups is 2. The number of carbonyl (C=O) groups excluding carboxylic acids is 2. The number of halogens is 1. The highest BCUT2D eigenvalue weighted by molar-refractivity contribution is 7.99. The molecule has 2 aliphatic rings. The Morgan fingerprint density at radius 1 is 1.27 bits per heavy atom. The van der Waals surface area contributed by atoms with Gasteiger partial charge in [-0.1, -0.05) is 18.2 Å². The molecule has 0 radical (unpaired) electrons. The average molecular weight is 471 g/mol. The van der Waals surface area contributed by atoms with Gasteiger partial charge in [-0.15, -0.1) is 0 Å². The van der Waals surface area contributed by atoms with Crippen molar-refractivity contribution in [3.8, 4) is 11.1 Å². The zero-order valence-electron chi connectivity index (χ0n) is 18.7. The standard InChI is InChI=1S/C24H27FN4O3S/c1-16-11-18(3-4-19(16)13-27-28-7-9-33-10-8-28)22-6-5-20(12-23(22)25)29-15-21(32-24(29)31)14-26-17(2)30/h3-6,11-13,21H,7-10,14-15H2,1-2H3,(H,26,30)/b27-13+/t21-/m0/s1. The summed E-state index contributed by atoms with van der Waals surface area (Å²) in [7, 11) is 0. The van der Waals surface area contributed by atoms with Gasteiger partial charge in [-0.3, -0.25) is 14.7 Å². The maximum Gasteiger partial charge on any atom is 0.414 e. The molecule has 1 atom stereocenters. The van der Waals surface area contributed by atoms with Crippen molar-refractivity contribution >= 4 is 35.7 Å². The number of aryl methyl sites for hydroxylation is 1. The third-order valence-electron chi connectivity index (χ3n) is 5.65. The summed E-state index contributed by atoms with van der Waals surface area (Å²) in [6, 6.07) is 10.5. The molecule has 2 aromatic carbocycles. The highest BCUT2D eigenvalue weighted by atomic mass is 32.2. The van der Waals surface area contributed by atoms with E-state index in [1.165, 1.54) is 17.9 Å². The lowest BCUT2D eigenvalue weighted by Gasteiger charge is -2.23. The summed E-state index contributed by atoms with van der Waals surface area (Å²) in [5, 5.41) is 9.28. The summed E-state index contributed by atoms with van der Waals surface area (Å²) < 4.78 is 20.3. The zero-order valence-corrected chi connectivity index (χ0v) is 19.5. The maximum absolute atomic E-state index is 15.0. The molecule has 2 fully saturated rings. The molecule has 174 valence electrons. The van der Waals surface area contributed by atoms with Gasteiger partial charge in [0, 0.05) is 37.1 Å². The van der Waals surface area contributed by atoms with Crippen LogP contribution in [0.15, 0.2) is 41.5 Å². The predicted octanol–water partition coefficient (Wildman–Crippen LogP) is 3.65. The Labute approximate surface area is 197 Å². The quantitative estimate of drug-likeness (QED) is 0.653. The molecular weight excluding hydrogens is 443 g/mol. The van der Waals surface area contributed by atoms with Crippen LogP contribution in [0.2, 0.25) is 0 Å². The first kappa shape index (κ1) is 23.1. The van der Waals surface area contributed by atoms with Gasteiger partial charge in [0.05, 0.1) is 25.0 Å². The molecule has 1 N–H and O–H groups in total. The molecule has 33 heavy (non-hydrogen) atoms. The molecule has 7 nitrogen and oxygen atoms in total. The second kappa shape index (κ2) is 10.2. The third kappa shape index (κ3) is 5.65. The molecule has 2 saturated heterocycles. The van der Waals surface area contributed by atoms with Crippen LogP contribution in [-0.2, 0) is 9.53 Å². The molecule has 0 aromatic heterocycles. The normalized spacial score (nSPS) is 18.6. The van der Waals surface area contributed by atoms with Crippen LogP contribution in [0.4, 0.5) is 14.9 Å². The fourth-order valence-electron chi connectivity index (χ4n) is 3.80. The Bertz CT molecular complexity index is 1070. The Morgan fingerprint density at radius 2 is 2.06 bits per heavy atom. The van der Waals surface area contributed by atoms with Crippen molar-refractivity contribution in [2.75, 3.05) is 42.6 Å². The van der Waals surface area contributed by atoms with Gasteiger partial charge in [0.25, 0.3) is 0 Å². The van der Waals surface area contributed by atoms with Gasteiger partial charge in [-0.05, 0) is 41.8 Å². The topological polar surface area (TPSA) is 74.2 Å². The van der Waals surface area contributed by atoms with Crippen molar-refractivity contribution in [3.63, 3.8) is 0 Å². The van der Waals surface area contributed by atoms with E-state index in [9.17, 15) is 9.59 Å². The smallest absolute Gasteiger partial charge is 0.414 e. The molecule has 0 spiro atoms. The first-order chi connectivity index (χ1) is 15.9. The molecule has 0 bridgehead atoms. The molecule has 2 amide bonds. The molecule has 9 heteroatoms. The number of benzene rings is 2. The lowest BCUT2D eigenvalue weighted by molar-refractivity contribution is -0.119. The fourth-order valence-corrected chi connectivity index (χ4v) is 4.69. The van der Waals surface area contributed by atoms with E-state index in [0.29, 0.717) is 11.3 Å². The average Bonchev–Trinajstić information content (AvgIpc) is 3.18. The van der Waals surface area contributed by atoms with Crippen LogP contribution in [0.25, 0.3) is 11.1 Å². The van der Waals surface area contributed by atoms with Crippen LogP contribution in [0.3, 0.4) is 0 Å². The number of amides is 2. The molecule has 0 unspecified atom stereocenters. The van der Waals surface area contributed by atoms with Gasteiger partial charge in [-0.2, -0.15) is 16.9 Å². The van der Waals surface area contributed by atoms with E-state index in [1.807, 2.05) is 43.1 Å². The summed E-state index contributed by atoms with van der Waals surface area (Å²) in [6.45, 7) is 5.77. The summed E-state index contributed by atoms with van der Waals surface area (Å²) in [5.74, 6) is 1.57. The van der Waals surface area contributed by atoms with Gasteiger partial charge in [0.2, 0.25) is 5.91 Å². The molecule has 0 saturated carbocycles. The Morgan fingerprint density at radius 3 is 2.76 bits per heavy atom. The number of ether oxygens (including phenoxy) is 1. The lowest BCUT2D eigenvalue weighted by atomic mass is 9.99. The second-order valence-electron chi connectivity index (χ2n) is 8.10. The van der Waals surface area contributed by atoms with Crippen LogP contribution in [0, 0.1) is 12.7 Å². The number of hydrazone groups is 1. The number of anilines is 1. The number of hydrogen-bond acceptors (Lipinski definition) is 6. The highest BCUT2D eigenvalue weighted by Gasteiger charge is 2.32. The van der Waals surface area contributed by atoms with Crippen LogP contribution >= 0.6 is 11.8 Å². The highest BCUT2D eigenvalue weighted by Crippen LogP contribution is 2.30. The fraction of sp³-hybridized carbons (Fsp3) is 0.375. The van der Waals surface area contributed by atoms with Gasteiger partial charge < -0.3 is 10.1 Å². The van der Waals surface area contributed by atoms with Gasteiger partial charge >= 0.3 is 6.09 Å². The van der Waals surface area contributed by atoms with Crippen LogP contribution in [0.5, 0.6) is 0 Å². The van der Waals surface area contributed by atoms with Crippen molar-refractivity contribution in [2.24, 2.45) is 5.10 Å². The zero-order chi connectivity index (χ0) is 23.4. The summed E-state index contributed by atoms with van der Waals surface area (Å²) in [4.78, 5) is 24.7. The van der Waals surface area contributed by atoms with Crippen molar-refractivity contribution < 1.29 is 18.7 Å². The van der Waals surface area contributed by atoms with Crippen LogP contribution < -0.4 is 10.2 Å². The van der Waals surface area contributed by atoms with Crippen molar-refractivity contribution in [1.82, 2.24) is 10.3 Å². The minimum absolute atomic E-state index is 0.196. The SMILES string of the molecule is CC(=O)NC[C@H]1CN(c2ccc(-c3ccc(/C=N/N4CCSCC4)c(C)c3)c(F)c2)C(=O)O1. The summed E-state index contributed by atoms with van der Waals surface area (Å²) >= 11 is 1.94. The number of nitrogens with zero attached hydrogens (tertiary/aromatic N) is 3. The summed E-state index contributed by atoms with van der Waals surface area (Å²) in [6.07, 6.45) is 0.847. The summed E-state index contributed by atoms with van der Waals surface area (Å²) in [5.41, 5.74) is 3.65. The van der Waals surface area contributed by atoms with Crippen LogP contribution in [-0.4, -0.2) is 67.0 Å². The molecular formula is C24H27FN4O3S. The molecule has 4 rings (SSSR count). The van der Waals surface area contributed by atoms with E-state index in [-0.39, 0.29) is 19.0 Å². The predicted molar refractivity (Wildman–Crippen MR) is 129 cm³/mol. The maximum atomic E-state index is 15.0. The van der Waals surface area contributed by atoms with Crippen LogP contribution in [0.1, 0.15) is 18.1 Å². The molecule has 2 aliphatic heterocycles. The van der Waals surface area contributed by atoms with E-state index in [4.69, 9.17) is 4.74 Å².